The van der Waals surface area contributed by atoms with Gasteiger partial charge in [0.2, 0.25) is 5.91 Å². The summed E-state index contributed by atoms with van der Waals surface area (Å²) >= 11 is 0. The van der Waals surface area contributed by atoms with Crippen molar-refractivity contribution in [2.24, 2.45) is 0 Å². The van der Waals surface area contributed by atoms with Crippen LogP contribution in [0.15, 0.2) is 30.3 Å². The molecule has 0 spiro atoms. The van der Waals surface area contributed by atoms with Crippen LogP contribution in [0.4, 0.5) is 0 Å². The number of hydrogen-bond acceptors (Lipinski definition) is 2. The Morgan fingerprint density at radius 3 is 2.32 bits per heavy atom. The van der Waals surface area contributed by atoms with E-state index in [1.54, 1.807) is 0 Å². The average Bonchev–Trinajstić information content (AvgIpc) is 2.39. The van der Waals surface area contributed by atoms with Crippen LogP contribution in [0, 0.1) is 0 Å². The van der Waals surface area contributed by atoms with Crippen LogP contribution in [-0.4, -0.2) is 17.5 Å². The molecule has 0 aromatic heterocycles. The fourth-order valence-electron chi connectivity index (χ4n) is 1.82. The molecule has 0 heterocycles. The van der Waals surface area contributed by atoms with Gasteiger partial charge in [0.15, 0.2) is 0 Å². The first-order valence-corrected chi connectivity index (χ1v) is 6.98. The predicted octanol–water partition coefficient (Wildman–Crippen LogP) is 3.03. The van der Waals surface area contributed by atoms with Gasteiger partial charge in [-0.15, -0.1) is 0 Å². The zero-order chi connectivity index (χ0) is 14.5. The molecule has 3 nitrogen and oxygen atoms in total. The summed E-state index contributed by atoms with van der Waals surface area (Å²) in [5.74, 6) is 0.0506. The normalized spacial score (nSPS) is 14.8. The van der Waals surface area contributed by atoms with E-state index in [0.29, 0.717) is 0 Å². The van der Waals surface area contributed by atoms with Gasteiger partial charge in [0, 0.05) is 11.6 Å². The highest BCUT2D eigenvalue weighted by Crippen LogP contribution is 2.13. The number of nitrogens with one attached hydrogen (secondary N) is 2. The molecule has 0 radical (unpaired) electrons. The van der Waals surface area contributed by atoms with Crippen LogP contribution in [0.5, 0.6) is 0 Å². The maximum atomic E-state index is 12.1. The molecule has 3 heteroatoms. The van der Waals surface area contributed by atoms with Crippen molar-refractivity contribution in [1.82, 2.24) is 10.6 Å². The van der Waals surface area contributed by atoms with Gasteiger partial charge in [0.1, 0.15) is 0 Å². The lowest BCUT2D eigenvalue weighted by Gasteiger charge is -2.28. The summed E-state index contributed by atoms with van der Waals surface area (Å²) in [4.78, 5) is 12.1. The van der Waals surface area contributed by atoms with Gasteiger partial charge in [-0.25, -0.2) is 0 Å². The third-order valence-electron chi connectivity index (χ3n) is 3.54. The van der Waals surface area contributed by atoms with E-state index in [-0.39, 0.29) is 23.5 Å². The Balaban J connectivity index is 2.55. The molecule has 1 aromatic carbocycles. The van der Waals surface area contributed by atoms with E-state index in [2.05, 4.69) is 36.6 Å². The molecule has 19 heavy (non-hydrogen) atoms. The van der Waals surface area contributed by atoms with Gasteiger partial charge in [-0.2, -0.15) is 0 Å². The lowest BCUT2D eigenvalue weighted by Crippen LogP contribution is -2.51. The van der Waals surface area contributed by atoms with Gasteiger partial charge in [0.05, 0.1) is 6.04 Å². The van der Waals surface area contributed by atoms with Crippen molar-refractivity contribution in [1.29, 1.82) is 0 Å². The van der Waals surface area contributed by atoms with E-state index in [1.165, 1.54) is 5.56 Å². The van der Waals surface area contributed by atoms with Crippen molar-refractivity contribution in [2.75, 3.05) is 0 Å². The van der Waals surface area contributed by atoms with E-state index in [0.717, 1.165) is 6.42 Å². The van der Waals surface area contributed by atoms with Gasteiger partial charge >= 0.3 is 0 Å². The summed E-state index contributed by atoms with van der Waals surface area (Å²) in [6.45, 7) is 10.1. The number of benzene rings is 1. The Morgan fingerprint density at radius 2 is 1.79 bits per heavy atom. The van der Waals surface area contributed by atoms with Gasteiger partial charge in [-0.1, -0.05) is 37.3 Å². The zero-order valence-corrected chi connectivity index (χ0v) is 12.7. The van der Waals surface area contributed by atoms with E-state index in [4.69, 9.17) is 0 Å². The van der Waals surface area contributed by atoms with Crippen LogP contribution < -0.4 is 10.6 Å². The zero-order valence-electron chi connectivity index (χ0n) is 12.7. The number of carbonyl (C=O) groups is 1. The monoisotopic (exact) mass is 262 g/mol. The molecule has 1 amide bonds. The van der Waals surface area contributed by atoms with Gasteiger partial charge in [0.25, 0.3) is 0 Å². The first-order chi connectivity index (χ1) is 8.85. The molecule has 0 aliphatic rings. The van der Waals surface area contributed by atoms with Crippen LogP contribution in [0.25, 0.3) is 0 Å². The molecule has 2 N–H and O–H groups in total. The molecule has 1 rings (SSSR count). The molecule has 0 aliphatic heterocycles. The average molecular weight is 262 g/mol. The minimum absolute atomic E-state index is 0.0506. The Morgan fingerprint density at radius 1 is 1.21 bits per heavy atom. The molecule has 0 saturated carbocycles. The third-order valence-corrected chi connectivity index (χ3v) is 3.54. The lowest BCUT2D eigenvalue weighted by molar-refractivity contribution is -0.124. The van der Waals surface area contributed by atoms with Crippen LogP contribution in [0.2, 0.25) is 0 Å². The maximum absolute atomic E-state index is 12.1. The van der Waals surface area contributed by atoms with Gasteiger partial charge in [-0.05, 0) is 39.7 Å². The molecular weight excluding hydrogens is 236 g/mol. The highest BCUT2D eigenvalue weighted by Gasteiger charge is 2.22. The van der Waals surface area contributed by atoms with Crippen LogP contribution in [0.3, 0.4) is 0 Å². The number of hydrogen-bond donors (Lipinski definition) is 2. The molecule has 1 aromatic rings. The molecule has 0 saturated heterocycles. The standard InChI is InChI=1S/C16H26N2O/c1-6-16(4,5)18-15(19)13(3)17-12(2)14-10-8-7-9-11-14/h7-13,17H,6H2,1-5H3,(H,18,19)/t12-,13?/m1/s1. The summed E-state index contributed by atoms with van der Waals surface area (Å²) in [5, 5.41) is 6.39. The van der Waals surface area contributed by atoms with Crippen molar-refractivity contribution in [3.8, 4) is 0 Å². The summed E-state index contributed by atoms with van der Waals surface area (Å²) in [6.07, 6.45) is 0.916. The van der Waals surface area contributed by atoms with Gasteiger partial charge < -0.3 is 5.32 Å². The second-order valence-corrected chi connectivity index (χ2v) is 5.75. The summed E-state index contributed by atoms with van der Waals surface area (Å²) in [6, 6.07) is 10.1. The van der Waals surface area contributed by atoms with E-state index in [1.807, 2.05) is 39.0 Å². The molecule has 0 fully saturated rings. The predicted molar refractivity (Wildman–Crippen MR) is 80.0 cm³/mol. The fourth-order valence-corrected chi connectivity index (χ4v) is 1.82. The van der Waals surface area contributed by atoms with Gasteiger partial charge in [-0.3, -0.25) is 10.1 Å². The van der Waals surface area contributed by atoms with Crippen LogP contribution in [-0.2, 0) is 4.79 Å². The minimum atomic E-state index is -0.207. The molecule has 2 atom stereocenters. The van der Waals surface area contributed by atoms with E-state index in [9.17, 15) is 4.79 Å². The van der Waals surface area contributed by atoms with Crippen molar-refractivity contribution in [3.05, 3.63) is 35.9 Å². The second kappa shape index (κ2) is 6.71. The SMILES string of the molecule is CCC(C)(C)NC(=O)C(C)N[C@H](C)c1ccccc1. The smallest absolute Gasteiger partial charge is 0.237 e. The van der Waals surface area contributed by atoms with Crippen molar-refractivity contribution in [2.45, 2.75) is 58.7 Å². The lowest BCUT2D eigenvalue weighted by atomic mass is 10.0. The molecular formula is C16H26N2O. The second-order valence-electron chi connectivity index (χ2n) is 5.75. The van der Waals surface area contributed by atoms with Crippen LogP contribution >= 0.6 is 0 Å². The van der Waals surface area contributed by atoms with E-state index >= 15 is 0 Å². The maximum Gasteiger partial charge on any atom is 0.237 e. The highest BCUT2D eigenvalue weighted by atomic mass is 16.2. The Labute approximate surface area is 116 Å². The Hall–Kier alpha value is -1.35. The van der Waals surface area contributed by atoms with Crippen molar-refractivity contribution in [3.63, 3.8) is 0 Å². The highest BCUT2D eigenvalue weighted by molar-refractivity contribution is 5.82. The molecule has 0 bridgehead atoms. The number of amides is 1. The summed E-state index contributed by atoms with van der Waals surface area (Å²) in [5.41, 5.74) is 1.04. The third kappa shape index (κ3) is 5.03. The van der Waals surface area contributed by atoms with Crippen LogP contribution in [0.1, 0.15) is 52.6 Å². The number of rotatable bonds is 6. The molecule has 1 unspecified atom stereocenters. The summed E-state index contributed by atoms with van der Waals surface area (Å²) < 4.78 is 0. The molecule has 0 aliphatic carbocycles. The summed E-state index contributed by atoms with van der Waals surface area (Å²) in [7, 11) is 0. The topological polar surface area (TPSA) is 41.1 Å². The molecule has 106 valence electrons. The minimum Gasteiger partial charge on any atom is -0.350 e. The Kier molecular flexibility index (Phi) is 5.55. The first kappa shape index (κ1) is 15.7. The first-order valence-electron chi connectivity index (χ1n) is 6.98. The van der Waals surface area contributed by atoms with Crippen molar-refractivity contribution >= 4 is 5.91 Å². The van der Waals surface area contributed by atoms with Crippen molar-refractivity contribution < 1.29 is 4.79 Å². The van der Waals surface area contributed by atoms with E-state index < -0.39 is 0 Å². The fraction of sp³-hybridized carbons (Fsp3) is 0.562. The number of carbonyl (C=O) groups excluding carboxylic acids is 1. The largest absolute Gasteiger partial charge is 0.350 e. The Bertz CT molecular complexity index is 400. The quantitative estimate of drug-likeness (QED) is 0.827.